The summed E-state index contributed by atoms with van der Waals surface area (Å²) in [6.07, 6.45) is 0. The van der Waals surface area contributed by atoms with Gasteiger partial charge in [-0.3, -0.25) is 0 Å². The predicted molar refractivity (Wildman–Crippen MR) is 211 cm³/mol. The lowest BCUT2D eigenvalue weighted by Crippen LogP contribution is -2.02. The normalized spacial score (nSPS) is 11.5. The van der Waals surface area contributed by atoms with Crippen molar-refractivity contribution in [2.45, 2.75) is 0 Å². The van der Waals surface area contributed by atoms with Crippen molar-refractivity contribution in [2.24, 2.45) is 0 Å². The van der Waals surface area contributed by atoms with Gasteiger partial charge in [-0.25, -0.2) is 15.0 Å². The standard InChI is InChI=1S/C47H30N4/c1-3-15-31(16-4-1)33-27-28-40(35-20-8-7-19-34(33)35)46-48-45(32-17-5-2-6-18-32)49-47(50-46)41-29-30-44(37-22-10-9-21-36(37)41)51-42-25-13-11-23-38(42)39-24-12-14-26-43(39)51/h1-30H. The van der Waals surface area contributed by atoms with E-state index in [-0.39, 0.29) is 0 Å². The fourth-order valence-corrected chi connectivity index (χ4v) is 7.55. The largest absolute Gasteiger partial charge is 0.309 e. The van der Waals surface area contributed by atoms with Crippen LogP contribution in [0.1, 0.15) is 0 Å². The van der Waals surface area contributed by atoms with Crippen molar-refractivity contribution in [3.05, 3.63) is 182 Å². The first-order valence-corrected chi connectivity index (χ1v) is 17.2. The highest BCUT2D eigenvalue weighted by atomic mass is 15.0. The van der Waals surface area contributed by atoms with Crippen molar-refractivity contribution in [1.82, 2.24) is 19.5 Å². The lowest BCUT2D eigenvalue weighted by atomic mass is 9.94. The van der Waals surface area contributed by atoms with Crippen LogP contribution in [-0.2, 0) is 0 Å². The molecule has 0 aliphatic carbocycles. The van der Waals surface area contributed by atoms with Gasteiger partial charge in [0.25, 0.3) is 0 Å². The van der Waals surface area contributed by atoms with E-state index in [1.54, 1.807) is 0 Å². The number of hydrogen-bond donors (Lipinski definition) is 0. The molecule has 51 heavy (non-hydrogen) atoms. The van der Waals surface area contributed by atoms with E-state index in [1.165, 1.54) is 32.9 Å². The number of hydrogen-bond acceptors (Lipinski definition) is 3. The molecule has 0 aliphatic rings. The monoisotopic (exact) mass is 650 g/mol. The molecule has 10 rings (SSSR count). The van der Waals surface area contributed by atoms with Gasteiger partial charge in [0, 0.05) is 32.8 Å². The highest BCUT2D eigenvalue weighted by Crippen LogP contribution is 2.39. The molecule has 0 spiro atoms. The van der Waals surface area contributed by atoms with Crippen molar-refractivity contribution >= 4 is 43.4 Å². The van der Waals surface area contributed by atoms with Crippen LogP contribution < -0.4 is 0 Å². The van der Waals surface area contributed by atoms with E-state index >= 15 is 0 Å². The van der Waals surface area contributed by atoms with Crippen molar-refractivity contribution in [1.29, 1.82) is 0 Å². The summed E-state index contributed by atoms with van der Waals surface area (Å²) in [5.74, 6) is 1.92. The summed E-state index contributed by atoms with van der Waals surface area (Å²) in [6.45, 7) is 0. The molecule has 238 valence electrons. The zero-order chi connectivity index (χ0) is 33.7. The van der Waals surface area contributed by atoms with Crippen LogP contribution in [0, 0.1) is 0 Å². The fraction of sp³-hybridized carbons (Fsp3) is 0. The second kappa shape index (κ2) is 11.9. The molecule has 0 radical (unpaired) electrons. The van der Waals surface area contributed by atoms with Gasteiger partial charge in [-0.15, -0.1) is 0 Å². The van der Waals surface area contributed by atoms with Crippen LogP contribution in [0.5, 0.6) is 0 Å². The number of fused-ring (bicyclic) bond motifs is 5. The van der Waals surface area contributed by atoms with Crippen LogP contribution in [0.3, 0.4) is 0 Å². The molecule has 2 heterocycles. The van der Waals surface area contributed by atoms with E-state index in [0.29, 0.717) is 17.5 Å². The second-order valence-electron chi connectivity index (χ2n) is 12.8. The maximum Gasteiger partial charge on any atom is 0.164 e. The van der Waals surface area contributed by atoms with E-state index in [9.17, 15) is 0 Å². The molecule has 0 N–H and O–H groups in total. The Hall–Kier alpha value is -6.91. The summed E-state index contributed by atoms with van der Waals surface area (Å²) < 4.78 is 2.38. The van der Waals surface area contributed by atoms with E-state index in [4.69, 9.17) is 15.0 Å². The summed E-state index contributed by atoms with van der Waals surface area (Å²) in [5, 5.41) is 6.94. The number of nitrogens with zero attached hydrogens (tertiary/aromatic N) is 4. The highest BCUT2D eigenvalue weighted by molar-refractivity contribution is 6.11. The Labute approximate surface area is 295 Å². The smallest absolute Gasteiger partial charge is 0.164 e. The van der Waals surface area contributed by atoms with Gasteiger partial charge in [0.1, 0.15) is 0 Å². The van der Waals surface area contributed by atoms with Crippen molar-refractivity contribution in [2.75, 3.05) is 0 Å². The third-order valence-corrected chi connectivity index (χ3v) is 9.88. The first kappa shape index (κ1) is 29.0. The van der Waals surface area contributed by atoms with Gasteiger partial charge in [0.2, 0.25) is 0 Å². The molecule has 4 heteroatoms. The Morgan fingerprint density at radius 3 is 1.25 bits per heavy atom. The second-order valence-corrected chi connectivity index (χ2v) is 12.8. The Morgan fingerprint density at radius 1 is 0.275 bits per heavy atom. The molecule has 0 unspecified atom stereocenters. The molecule has 8 aromatic carbocycles. The van der Waals surface area contributed by atoms with Gasteiger partial charge in [-0.05, 0) is 57.6 Å². The molecular formula is C47H30N4. The molecule has 0 saturated carbocycles. The SMILES string of the molecule is c1ccc(-c2nc(-c3ccc(-c4ccccc4)c4ccccc34)nc(-c3ccc(-n4c5ccccc5c5ccccc54)c4ccccc34)n2)cc1. The average molecular weight is 651 g/mol. The lowest BCUT2D eigenvalue weighted by Gasteiger charge is -2.16. The third kappa shape index (κ3) is 4.80. The first-order chi connectivity index (χ1) is 25.3. The fourth-order valence-electron chi connectivity index (χ4n) is 7.55. The summed E-state index contributed by atoms with van der Waals surface area (Å²) in [5.41, 5.74) is 8.70. The van der Waals surface area contributed by atoms with E-state index in [1.807, 2.05) is 18.2 Å². The van der Waals surface area contributed by atoms with Gasteiger partial charge in [-0.2, -0.15) is 0 Å². The predicted octanol–water partition coefficient (Wildman–Crippen LogP) is 11.9. The summed E-state index contributed by atoms with van der Waals surface area (Å²) >= 11 is 0. The molecule has 0 bridgehead atoms. The Morgan fingerprint density at radius 2 is 0.667 bits per heavy atom. The van der Waals surface area contributed by atoms with Crippen molar-refractivity contribution < 1.29 is 0 Å². The van der Waals surface area contributed by atoms with Crippen LogP contribution in [0.25, 0.3) is 94.3 Å². The van der Waals surface area contributed by atoms with Crippen molar-refractivity contribution in [3.63, 3.8) is 0 Å². The average Bonchev–Trinajstić information content (AvgIpc) is 3.54. The molecular weight excluding hydrogens is 621 g/mol. The Kier molecular flexibility index (Phi) is 6.78. The number of para-hydroxylation sites is 2. The van der Waals surface area contributed by atoms with E-state index < -0.39 is 0 Å². The third-order valence-electron chi connectivity index (χ3n) is 9.88. The molecule has 0 atom stereocenters. The molecule has 0 fully saturated rings. The van der Waals surface area contributed by atoms with Crippen LogP contribution >= 0.6 is 0 Å². The molecule has 4 nitrogen and oxygen atoms in total. The Bertz CT molecular complexity index is 2860. The zero-order valence-electron chi connectivity index (χ0n) is 27.6. The number of benzene rings is 8. The topological polar surface area (TPSA) is 43.6 Å². The summed E-state index contributed by atoms with van der Waals surface area (Å²) in [4.78, 5) is 15.6. The van der Waals surface area contributed by atoms with Crippen LogP contribution in [0.15, 0.2) is 182 Å². The number of rotatable bonds is 5. The summed E-state index contributed by atoms with van der Waals surface area (Å²) in [6, 6.07) is 63.8. The van der Waals surface area contributed by atoms with Crippen LogP contribution in [-0.4, -0.2) is 19.5 Å². The minimum atomic E-state index is 0.639. The van der Waals surface area contributed by atoms with Gasteiger partial charge < -0.3 is 4.57 Å². The van der Waals surface area contributed by atoms with Crippen LogP contribution in [0.2, 0.25) is 0 Å². The molecule has 2 aromatic heterocycles. The van der Waals surface area contributed by atoms with Gasteiger partial charge in [0.05, 0.1) is 16.7 Å². The lowest BCUT2D eigenvalue weighted by molar-refractivity contribution is 1.08. The first-order valence-electron chi connectivity index (χ1n) is 17.2. The number of aromatic nitrogens is 4. The van der Waals surface area contributed by atoms with E-state index in [2.05, 4.69) is 168 Å². The molecule has 0 amide bonds. The van der Waals surface area contributed by atoms with Crippen molar-refractivity contribution in [3.8, 4) is 51.0 Å². The van der Waals surface area contributed by atoms with E-state index in [0.717, 1.165) is 43.9 Å². The molecule has 10 aromatic rings. The molecule has 0 aliphatic heterocycles. The highest BCUT2D eigenvalue weighted by Gasteiger charge is 2.19. The maximum atomic E-state index is 5.27. The maximum absolute atomic E-state index is 5.27. The summed E-state index contributed by atoms with van der Waals surface area (Å²) in [7, 11) is 0. The van der Waals surface area contributed by atoms with Crippen LogP contribution in [0.4, 0.5) is 0 Å². The quantitative estimate of drug-likeness (QED) is 0.186. The minimum absolute atomic E-state index is 0.639. The molecule has 0 saturated heterocycles. The minimum Gasteiger partial charge on any atom is -0.309 e. The van der Waals surface area contributed by atoms with Gasteiger partial charge in [-0.1, -0.05) is 152 Å². The van der Waals surface area contributed by atoms with Gasteiger partial charge in [0.15, 0.2) is 17.5 Å². The Balaban J connectivity index is 1.21. The zero-order valence-corrected chi connectivity index (χ0v) is 27.6. The van der Waals surface area contributed by atoms with Gasteiger partial charge >= 0.3 is 0 Å².